The summed E-state index contributed by atoms with van der Waals surface area (Å²) in [6.45, 7) is 2.35. The third-order valence-electron chi connectivity index (χ3n) is 3.53. The quantitative estimate of drug-likeness (QED) is 0.826. The van der Waals surface area contributed by atoms with Gasteiger partial charge in [0, 0.05) is 25.7 Å². The minimum Gasteiger partial charge on any atom is -0.454 e. The second-order valence-corrected chi connectivity index (χ2v) is 4.96. The van der Waals surface area contributed by atoms with Gasteiger partial charge in [0.1, 0.15) is 0 Å². The third kappa shape index (κ3) is 3.17. The van der Waals surface area contributed by atoms with Gasteiger partial charge in [0.2, 0.25) is 12.7 Å². The first-order valence-corrected chi connectivity index (χ1v) is 6.94. The fourth-order valence-electron chi connectivity index (χ4n) is 2.35. The summed E-state index contributed by atoms with van der Waals surface area (Å²) >= 11 is 0. The molecule has 2 aliphatic heterocycles. The zero-order valence-electron chi connectivity index (χ0n) is 11.7. The van der Waals surface area contributed by atoms with E-state index in [9.17, 15) is 4.79 Å². The Balaban J connectivity index is 1.64. The Morgan fingerprint density at radius 2 is 2.24 bits per heavy atom. The summed E-state index contributed by atoms with van der Waals surface area (Å²) in [6.07, 6.45) is 3.27. The van der Waals surface area contributed by atoms with Crippen molar-refractivity contribution < 1.29 is 19.0 Å². The van der Waals surface area contributed by atoms with Gasteiger partial charge < -0.3 is 24.8 Å². The fraction of sp³-hybridized carbons (Fsp3) is 0.400. The minimum atomic E-state index is -0.0679. The van der Waals surface area contributed by atoms with Gasteiger partial charge >= 0.3 is 0 Å². The van der Waals surface area contributed by atoms with E-state index in [2.05, 4.69) is 0 Å². The number of fused-ring (bicyclic) bond motifs is 1. The van der Waals surface area contributed by atoms with Crippen LogP contribution >= 0.6 is 0 Å². The largest absolute Gasteiger partial charge is 0.454 e. The summed E-state index contributed by atoms with van der Waals surface area (Å²) < 4.78 is 16.0. The molecular weight excluding hydrogens is 272 g/mol. The van der Waals surface area contributed by atoms with Crippen molar-refractivity contribution in [3.05, 3.63) is 29.8 Å². The van der Waals surface area contributed by atoms with Gasteiger partial charge in [0.25, 0.3) is 0 Å². The van der Waals surface area contributed by atoms with E-state index in [1.165, 1.54) is 0 Å². The van der Waals surface area contributed by atoms with Gasteiger partial charge in [-0.1, -0.05) is 6.07 Å². The first-order chi connectivity index (χ1) is 10.3. The molecule has 21 heavy (non-hydrogen) atoms. The number of rotatable bonds is 3. The van der Waals surface area contributed by atoms with Gasteiger partial charge in [-0.2, -0.15) is 0 Å². The van der Waals surface area contributed by atoms with Crippen molar-refractivity contribution >= 4 is 12.0 Å². The van der Waals surface area contributed by atoms with Crippen LogP contribution in [0.15, 0.2) is 24.3 Å². The Bertz CT molecular complexity index is 559. The number of nitrogens with two attached hydrogens (primary N) is 1. The van der Waals surface area contributed by atoms with E-state index in [1.54, 1.807) is 17.1 Å². The summed E-state index contributed by atoms with van der Waals surface area (Å²) in [5.41, 5.74) is 6.48. The molecule has 1 atom stereocenters. The van der Waals surface area contributed by atoms with Gasteiger partial charge in [0.15, 0.2) is 11.5 Å². The second-order valence-electron chi connectivity index (χ2n) is 4.96. The summed E-state index contributed by atoms with van der Waals surface area (Å²) in [5.74, 6) is 1.41. The van der Waals surface area contributed by atoms with E-state index in [-0.39, 0.29) is 18.8 Å². The SMILES string of the molecule is NCC1CN(C(=O)/C=C/c2ccc3c(c2)OCO3)CCO1. The van der Waals surface area contributed by atoms with Crippen LogP contribution in [0.3, 0.4) is 0 Å². The first kappa shape index (κ1) is 13.9. The number of benzene rings is 1. The van der Waals surface area contributed by atoms with Crippen LogP contribution < -0.4 is 15.2 Å². The lowest BCUT2D eigenvalue weighted by Crippen LogP contribution is -2.47. The highest BCUT2D eigenvalue weighted by Crippen LogP contribution is 2.32. The molecule has 1 saturated heterocycles. The lowest BCUT2D eigenvalue weighted by molar-refractivity contribution is -0.133. The maximum absolute atomic E-state index is 12.2. The predicted molar refractivity (Wildman–Crippen MR) is 77.0 cm³/mol. The summed E-state index contributed by atoms with van der Waals surface area (Å²) in [5, 5.41) is 0. The number of amides is 1. The molecule has 0 spiro atoms. The van der Waals surface area contributed by atoms with Crippen LogP contribution in [0.5, 0.6) is 11.5 Å². The average molecular weight is 290 g/mol. The molecule has 0 aliphatic carbocycles. The monoisotopic (exact) mass is 290 g/mol. The zero-order valence-corrected chi connectivity index (χ0v) is 11.7. The molecule has 2 N–H and O–H groups in total. The second kappa shape index (κ2) is 6.15. The van der Waals surface area contributed by atoms with Crippen LogP contribution in [0.4, 0.5) is 0 Å². The van der Waals surface area contributed by atoms with E-state index >= 15 is 0 Å². The number of hydrogen-bond acceptors (Lipinski definition) is 5. The Kier molecular flexibility index (Phi) is 4.08. The topological polar surface area (TPSA) is 74.0 Å². The number of hydrogen-bond donors (Lipinski definition) is 1. The van der Waals surface area contributed by atoms with E-state index in [4.69, 9.17) is 19.9 Å². The normalized spacial score (nSPS) is 21.0. The Morgan fingerprint density at radius 3 is 3.10 bits per heavy atom. The lowest BCUT2D eigenvalue weighted by atomic mass is 10.2. The van der Waals surface area contributed by atoms with Gasteiger partial charge in [-0.25, -0.2) is 0 Å². The summed E-state index contributed by atoms with van der Waals surface area (Å²) in [6, 6.07) is 5.58. The minimum absolute atomic E-state index is 0.0329. The fourth-order valence-corrected chi connectivity index (χ4v) is 2.35. The smallest absolute Gasteiger partial charge is 0.246 e. The average Bonchev–Trinajstić information content (AvgIpc) is 3.00. The van der Waals surface area contributed by atoms with Gasteiger partial charge in [-0.3, -0.25) is 4.79 Å². The lowest BCUT2D eigenvalue weighted by Gasteiger charge is -2.31. The van der Waals surface area contributed by atoms with Gasteiger partial charge in [-0.05, 0) is 23.8 Å². The number of nitrogens with zero attached hydrogens (tertiary/aromatic N) is 1. The van der Waals surface area contributed by atoms with E-state index < -0.39 is 0 Å². The van der Waals surface area contributed by atoms with E-state index in [0.29, 0.717) is 32.0 Å². The molecule has 6 nitrogen and oxygen atoms in total. The van der Waals surface area contributed by atoms with Crippen molar-refractivity contribution in [3.8, 4) is 11.5 Å². The standard InChI is InChI=1S/C15H18N2O4/c16-8-12-9-17(5-6-19-12)15(18)4-2-11-1-3-13-14(7-11)21-10-20-13/h1-4,7,12H,5-6,8-10,16H2/b4-2+. The highest BCUT2D eigenvalue weighted by molar-refractivity contribution is 5.92. The molecule has 3 rings (SSSR count). The molecule has 6 heteroatoms. The molecule has 112 valence electrons. The predicted octanol–water partition coefficient (Wildman–Crippen LogP) is 0.615. The van der Waals surface area contributed by atoms with Crippen LogP contribution in [0.25, 0.3) is 6.08 Å². The molecule has 1 aromatic carbocycles. The molecule has 1 aromatic rings. The van der Waals surface area contributed by atoms with Crippen LogP contribution in [0.2, 0.25) is 0 Å². The number of carbonyl (C=O) groups is 1. The molecule has 1 unspecified atom stereocenters. The molecule has 1 fully saturated rings. The molecule has 0 aromatic heterocycles. The van der Waals surface area contributed by atoms with Gasteiger partial charge in [-0.15, -0.1) is 0 Å². The number of morpholine rings is 1. The Morgan fingerprint density at radius 1 is 1.38 bits per heavy atom. The van der Waals surface area contributed by atoms with Crippen molar-refractivity contribution in [2.75, 3.05) is 33.0 Å². The molecule has 0 saturated carbocycles. The third-order valence-corrected chi connectivity index (χ3v) is 3.53. The molecule has 2 heterocycles. The molecular formula is C15H18N2O4. The van der Waals surface area contributed by atoms with Crippen LogP contribution in [0, 0.1) is 0 Å². The molecule has 0 bridgehead atoms. The maximum Gasteiger partial charge on any atom is 0.246 e. The summed E-state index contributed by atoms with van der Waals surface area (Å²) in [7, 11) is 0. The number of carbonyl (C=O) groups excluding carboxylic acids is 1. The van der Waals surface area contributed by atoms with E-state index in [0.717, 1.165) is 11.3 Å². The van der Waals surface area contributed by atoms with Crippen molar-refractivity contribution in [2.24, 2.45) is 5.73 Å². The molecule has 2 aliphatic rings. The Hall–Kier alpha value is -2.05. The van der Waals surface area contributed by atoms with Crippen molar-refractivity contribution in [1.82, 2.24) is 4.90 Å². The van der Waals surface area contributed by atoms with Crippen molar-refractivity contribution in [1.29, 1.82) is 0 Å². The van der Waals surface area contributed by atoms with Gasteiger partial charge in [0.05, 0.1) is 12.7 Å². The van der Waals surface area contributed by atoms with Crippen LogP contribution in [-0.2, 0) is 9.53 Å². The number of ether oxygens (including phenoxy) is 3. The van der Waals surface area contributed by atoms with Crippen molar-refractivity contribution in [2.45, 2.75) is 6.10 Å². The Labute approximate surface area is 123 Å². The highest BCUT2D eigenvalue weighted by atomic mass is 16.7. The van der Waals surface area contributed by atoms with Crippen molar-refractivity contribution in [3.63, 3.8) is 0 Å². The molecule has 1 amide bonds. The maximum atomic E-state index is 12.2. The highest BCUT2D eigenvalue weighted by Gasteiger charge is 2.21. The zero-order chi connectivity index (χ0) is 14.7. The van der Waals surface area contributed by atoms with Crippen LogP contribution in [0.1, 0.15) is 5.56 Å². The van der Waals surface area contributed by atoms with Crippen LogP contribution in [-0.4, -0.2) is 49.9 Å². The summed E-state index contributed by atoms with van der Waals surface area (Å²) in [4.78, 5) is 13.9. The first-order valence-electron chi connectivity index (χ1n) is 6.94. The van der Waals surface area contributed by atoms with E-state index in [1.807, 2.05) is 18.2 Å². The molecule has 0 radical (unpaired) electrons.